The van der Waals surface area contributed by atoms with Crippen molar-refractivity contribution in [3.05, 3.63) is 81.7 Å². The predicted molar refractivity (Wildman–Crippen MR) is 149 cm³/mol. The van der Waals surface area contributed by atoms with E-state index in [1.54, 1.807) is 6.07 Å². The average Bonchev–Trinajstić information content (AvgIpc) is 3.48. The molecule has 206 valence electrons. The molecule has 2 unspecified atom stereocenters. The summed E-state index contributed by atoms with van der Waals surface area (Å²) >= 11 is 0. The fourth-order valence-corrected chi connectivity index (χ4v) is 6.05. The van der Waals surface area contributed by atoms with Gasteiger partial charge in [0.2, 0.25) is 0 Å². The summed E-state index contributed by atoms with van der Waals surface area (Å²) in [5.41, 5.74) is 7.59. The van der Waals surface area contributed by atoms with Crippen LogP contribution in [0.15, 0.2) is 42.5 Å². The monoisotopic (exact) mass is 532 g/mol. The molecule has 0 saturated carbocycles. The number of hydrogen-bond donors (Lipinski definition) is 1. The zero-order valence-electron chi connectivity index (χ0n) is 23.4. The highest BCUT2D eigenvalue weighted by molar-refractivity contribution is 5.76. The van der Waals surface area contributed by atoms with Crippen LogP contribution < -0.4 is 9.47 Å². The van der Waals surface area contributed by atoms with Crippen molar-refractivity contribution in [2.45, 2.75) is 77.4 Å². The first kappa shape index (κ1) is 27.2. The highest BCUT2D eigenvalue weighted by Crippen LogP contribution is 2.45. The molecule has 0 amide bonds. The molecule has 1 aliphatic carbocycles. The lowest BCUT2D eigenvalue weighted by Crippen LogP contribution is -2.19. The molecular weight excluding hydrogens is 495 g/mol. The molecule has 2 atom stereocenters. The summed E-state index contributed by atoms with van der Waals surface area (Å²) in [5.74, 6) is 0.772. The highest BCUT2D eigenvalue weighted by Gasteiger charge is 2.32. The van der Waals surface area contributed by atoms with Crippen molar-refractivity contribution in [1.82, 2.24) is 0 Å². The minimum Gasteiger partial charge on any atom is -0.492 e. The van der Waals surface area contributed by atoms with Crippen LogP contribution in [0.3, 0.4) is 0 Å². The van der Waals surface area contributed by atoms with Gasteiger partial charge in [0, 0.05) is 23.1 Å². The van der Waals surface area contributed by atoms with Crippen molar-refractivity contribution >= 4 is 5.97 Å². The molecule has 1 aliphatic heterocycles. The molecule has 5 nitrogen and oxygen atoms in total. The second kappa shape index (κ2) is 10.6. The van der Waals surface area contributed by atoms with Gasteiger partial charge in [0.05, 0.1) is 25.7 Å². The van der Waals surface area contributed by atoms with Gasteiger partial charge in [0.1, 0.15) is 23.4 Å². The standard InChI is InChI=1S/C33H37FO5/c1-19-14-21(12-13-33(3,4)36)15-20(2)31(19)25-8-10-27(34)32-26(25)9-11-28(32)39-23-6-7-24-22(16-30(35)37-5)18-38-29(24)17-23/h6-8,10,14-15,17,22,28,36H,9,11-13,16,18H2,1-5H3. The number of ether oxygens (including phenoxy) is 3. The van der Waals surface area contributed by atoms with Gasteiger partial charge in [-0.3, -0.25) is 4.79 Å². The number of carbonyl (C=O) groups excluding carboxylic acids is 1. The summed E-state index contributed by atoms with van der Waals surface area (Å²) in [6, 6.07) is 13.5. The number of carbonyl (C=O) groups is 1. The summed E-state index contributed by atoms with van der Waals surface area (Å²) in [7, 11) is 1.39. The van der Waals surface area contributed by atoms with Crippen molar-refractivity contribution < 1.29 is 28.5 Å². The molecule has 0 aromatic heterocycles. The van der Waals surface area contributed by atoms with Crippen molar-refractivity contribution in [3.8, 4) is 22.6 Å². The molecule has 0 bridgehead atoms. The third kappa shape index (κ3) is 5.67. The van der Waals surface area contributed by atoms with Gasteiger partial charge in [-0.05, 0) is 98.9 Å². The predicted octanol–water partition coefficient (Wildman–Crippen LogP) is 6.92. The average molecular weight is 533 g/mol. The number of methoxy groups -OCH3 is 1. The summed E-state index contributed by atoms with van der Waals surface area (Å²) in [4.78, 5) is 11.7. The fraction of sp³-hybridized carbons (Fsp3) is 0.424. The van der Waals surface area contributed by atoms with Crippen LogP contribution in [-0.2, 0) is 22.4 Å². The number of hydrogen-bond acceptors (Lipinski definition) is 5. The second-order valence-corrected chi connectivity index (χ2v) is 11.5. The van der Waals surface area contributed by atoms with E-state index < -0.39 is 11.7 Å². The van der Waals surface area contributed by atoms with E-state index in [9.17, 15) is 9.90 Å². The third-order valence-electron chi connectivity index (χ3n) is 7.95. The van der Waals surface area contributed by atoms with Crippen molar-refractivity contribution in [1.29, 1.82) is 0 Å². The molecule has 2 aliphatic rings. The van der Waals surface area contributed by atoms with Gasteiger partial charge in [-0.2, -0.15) is 0 Å². The number of rotatable bonds is 8. The van der Waals surface area contributed by atoms with Crippen LogP contribution in [0.4, 0.5) is 4.39 Å². The van der Waals surface area contributed by atoms with Gasteiger partial charge in [-0.15, -0.1) is 0 Å². The van der Waals surface area contributed by atoms with E-state index in [0.717, 1.165) is 46.2 Å². The van der Waals surface area contributed by atoms with E-state index in [2.05, 4.69) is 26.0 Å². The Labute approximate surface area is 229 Å². The SMILES string of the molecule is COC(=O)CC1COc2cc(OC3CCc4c(-c5c(C)cc(CCC(C)(C)O)cc5C)ccc(F)c43)ccc21. The molecule has 3 aromatic rings. The lowest BCUT2D eigenvalue weighted by molar-refractivity contribution is -0.141. The molecule has 0 fully saturated rings. The van der Waals surface area contributed by atoms with Crippen molar-refractivity contribution in [3.63, 3.8) is 0 Å². The van der Waals surface area contributed by atoms with Crippen LogP contribution in [0.2, 0.25) is 0 Å². The first-order chi connectivity index (χ1) is 18.5. The number of esters is 1. The van der Waals surface area contributed by atoms with Gasteiger partial charge < -0.3 is 19.3 Å². The minimum absolute atomic E-state index is 0.0401. The maximum Gasteiger partial charge on any atom is 0.306 e. The lowest BCUT2D eigenvalue weighted by Gasteiger charge is -2.20. The summed E-state index contributed by atoms with van der Waals surface area (Å²) in [5, 5.41) is 10.1. The van der Waals surface area contributed by atoms with Crippen LogP contribution in [0.25, 0.3) is 11.1 Å². The topological polar surface area (TPSA) is 65.0 Å². The Hall–Kier alpha value is -3.38. The van der Waals surface area contributed by atoms with Crippen LogP contribution in [0.5, 0.6) is 11.5 Å². The van der Waals surface area contributed by atoms with Crippen LogP contribution >= 0.6 is 0 Å². The molecule has 6 heteroatoms. The van der Waals surface area contributed by atoms with Crippen LogP contribution in [-0.4, -0.2) is 30.4 Å². The summed E-state index contributed by atoms with van der Waals surface area (Å²) in [6.07, 6.45) is 2.79. The smallest absolute Gasteiger partial charge is 0.306 e. The molecule has 5 rings (SSSR count). The van der Waals surface area contributed by atoms with E-state index in [4.69, 9.17) is 14.2 Å². The molecular formula is C33H37FO5. The van der Waals surface area contributed by atoms with Gasteiger partial charge in [0.25, 0.3) is 0 Å². The van der Waals surface area contributed by atoms with Gasteiger partial charge in [0.15, 0.2) is 0 Å². The molecule has 0 radical (unpaired) electrons. The first-order valence-electron chi connectivity index (χ1n) is 13.7. The second-order valence-electron chi connectivity index (χ2n) is 11.5. The van der Waals surface area contributed by atoms with E-state index >= 15 is 4.39 Å². The minimum atomic E-state index is -0.705. The Morgan fingerprint density at radius 1 is 1.13 bits per heavy atom. The largest absolute Gasteiger partial charge is 0.492 e. The Morgan fingerprint density at radius 3 is 2.56 bits per heavy atom. The Kier molecular flexibility index (Phi) is 7.43. The maximum absolute atomic E-state index is 15.3. The first-order valence-corrected chi connectivity index (χ1v) is 13.7. The Bertz CT molecular complexity index is 1380. The number of fused-ring (bicyclic) bond motifs is 2. The molecule has 0 spiro atoms. The van der Waals surface area contributed by atoms with Crippen LogP contribution in [0.1, 0.15) is 78.5 Å². The number of benzene rings is 3. The van der Waals surface area contributed by atoms with Crippen molar-refractivity contribution in [2.24, 2.45) is 0 Å². The number of aryl methyl sites for hydroxylation is 3. The number of halogens is 1. The van der Waals surface area contributed by atoms with E-state index in [1.165, 1.54) is 12.7 Å². The Balaban J connectivity index is 1.40. The highest BCUT2D eigenvalue weighted by atomic mass is 19.1. The fourth-order valence-electron chi connectivity index (χ4n) is 6.05. The summed E-state index contributed by atoms with van der Waals surface area (Å²) < 4.78 is 32.2. The zero-order valence-corrected chi connectivity index (χ0v) is 23.4. The van der Waals surface area contributed by atoms with Gasteiger partial charge in [-0.1, -0.05) is 24.3 Å². The van der Waals surface area contributed by atoms with E-state index in [1.807, 2.05) is 38.1 Å². The molecule has 1 heterocycles. The molecule has 0 saturated heterocycles. The molecule has 39 heavy (non-hydrogen) atoms. The normalized spacial score (nSPS) is 17.9. The van der Waals surface area contributed by atoms with Crippen molar-refractivity contribution in [2.75, 3.05) is 13.7 Å². The third-order valence-corrected chi connectivity index (χ3v) is 7.95. The van der Waals surface area contributed by atoms with Gasteiger partial charge >= 0.3 is 5.97 Å². The zero-order chi connectivity index (χ0) is 27.9. The molecule has 3 aromatic carbocycles. The van der Waals surface area contributed by atoms with Crippen LogP contribution in [0, 0.1) is 19.7 Å². The van der Waals surface area contributed by atoms with E-state index in [-0.39, 0.29) is 24.1 Å². The maximum atomic E-state index is 15.3. The number of aliphatic hydroxyl groups is 1. The molecule has 1 N–H and O–H groups in total. The van der Waals surface area contributed by atoms with E-state index in [0.29, 0.717) is 36.5 Å². The lowest BCUT2D eigenvalue weighted by atomic mass is 9.88. The van der Waals surface area contributed by atoms with Gasteiger partial charge in [-0.25, -0.2) is 4.39 Å². The Morgan fingerprint density at radius 2 is 1.87 bits per heavy atom. The summed E-state index contributed by atoms with van der Waals surface area (Å²) in [6.45, 7) is 8.30. The quantitative estimate of drug-likeness (QED) is 0.319.